The molecule has 1 aromatic carbocycles. The Kier molecular flexibility index (Phi) is 3.15. The van der Waals surface area contributed by atoms with E-state index in [-0.39, 0.29) is 12.0 Å². The molecule has 0 fully saturated rings. The number of hydrogen-bond donors (Lipinski definition) is 1. The molecule has 0 aliphatic heterocycles. The molecule has 0 radical (unpaired) electrons. The molecule has 2 heterocycles. The Morgan fingerprint density at radius 2 is 2.14 bits per heavy atom. The molecule has 0 bridgehead atoms. The molecule has 3 rings (SSSR count). The van der Waals surface area contributed by atoms with Crippen molar-refractivity contribution in [2.75, 3.05) is 5.73 Å². The van der Waals surface area contributed by atoms with Crippen molar-refractivity contribution >= 4 is 5.95 Å². The zero-order chi connectivity index (χ0) is 14.7. The summed E-state index contributed by atoms with van der Waals surface area (Å²) in [5, 5.41) is 8.86. The molecule has 21 heavy (non-hydrogen) atoms. The molecule has 0 saturated carbocycles. The van der Waals surface area contributed by atoms with Crippen LogP contribution in [0.3, 0.4) is 0 Å². The van der Waals surface area contributed by atoms with Crippen LogP contribution in [0.4, 0.5) is 5.95 Å². The first-order valence-corrected chi connectivity index (χ1v) is 5.92. The maximum absolute atomic E-state index is 8.86. The molecule has 102 valence electrons. The summed E-state index contributed by atoms with van der Waals surface area (Å²) in [6, 6.07) is 8.72. The van der Waals surface area contributed by atoms with Gasteiger partial charge >= 0.3 is 6.01 Å². The minimum Gasteiger partial charge on any atom is -0.424 e. The number of benzene rings is 1. The highest BCUT2D eigenvalue weighted by Gasteiger charge is 2.08. The molecule has 0 atom stereocenters. The van der Waals surface area contributed by atoms with E-state index in [2.05, 4.69) is 19.9 Å². The van der Waals surface area contributed by atoms with Crippen LogP contribution in [0, 0.1) is 11.3 Å². The van der Waals surface area contributed by atoms with Crippen LogP contribution in [0.15, 0.2) is 43.0 Å². The Morgan fingerprint density at radius 1 is 1.24 bits per heavy atom. The Bertz CT molecular complexity index is 808. The molecule has 0 saturated heterocycles. The molecule has 8 nitrogen and oxygen atoms in total. The molecule has 2 N–H and O–H groups in total. The Labute approximate surface area is 119 Å². The standard InChI is InChI=1S/C13H9N7O/c14-7-9-2-1-3-10(6-9)21-13-18-11(15)17-12(19-13)20-5-4-16-8-20/h1-6,8H,(H2,15,17,18,19). The predicted molar refractivity (Wildman–Crippen MR) is 72.6 cm³/mol. The predicted octanol–water partition coefficient (Wildman–Crippen LogP) is 1.30. The molecule has 0 spiro atoms. The van der Waals surface area contributed by atoms with Gasteiger partial charge in [-0.05, 0) is 18.2 Å². The minimum atomic E-state index is 0.0279. The summed E-state index contributed by atoms with van der Waals surface area (Å²) in [6.07, 6.45) is 4.81. The number of nitrogens with two attached hydrogens (primary N) is 1. The van der Waals surface area contributed by atoms with Gasteiger partial charge in [-0.15, -0.1) is 0 Å². The van der Waals surface area contributed by atoms with Gasteiger partial charge < -0.3 is 10.5 Å². The number of nitrogen functional groups attached to an aromatic ring is 1. The van der Waals surface area contributed by atoms with Crippen LogP contribution in [-0.2, 0) is 0 Å². The summed E-state index contributed by atoms with van der Waals surface area (Å²) in [6.45, 7) is 0. The molecule has 2 aromatic heterocycles. The first kappa shape index (κ1) is 12.6. The van der Waals surface area contributed by atoms with Crippen molar-refractivity contribution in [2.24, 2.45) is 0 Å². The number of anilines is 1. The summed E-state index contributed by atoms with van der Waals surface area (Å²) >= 11 is 0. The lowest BCUT2D eigenvalue weighted by molar-refractivity contribution is 0.439. The maximum atomic E-state index is 8.86. The van der Waals surface area contributed by atoms with E-state index in [4.69, 9.17) is 15.7 Å². The molecular formula is C13H9N7O. The van der Waals surface area contributed by atoms with E-state index in [0.717, 1.165) is 0 Å². The van der Waals surface area contributed by atoms with Crippen LogP contribution in [0.2, 0.25) is 0 Å². The highest BCUT2D eigenvalue weighted by molar-refractivity contribution is 5.37. The summed E-state index contributed by atoms with van der Waals surface area (Å²) < 4.78 is 7.09. The average Bonchev–Trinajstić information content (AvgIpc) is 3.01. The van der Waals surface area contributed by atoms with Gasteiger partial charge in [-0.1, -0.05) is 6.07 Å². The van der Waals surface area contributed by atoms with Crippen molar-refractivity contribution in [1.29, 1.82) is 5.26 Å². The Balaban J connectivity index is 1.94. The highest BCUT2D eigenvalue weighted by atomic mass is 16.5. The first-order chi connectivity index (χ1) is 10.2. The lowest BCUT2D eigenvalue weighted by Crippen LogP contribution is -2.06. The van der Waals surface area contributed by atoms with Crippen LogP contribution in [0.1, 0.15) is 5.56 Å². The SMILES string of the molecule is N#Cc1cccc(Oc2nc(N)nc(-n3ccnc3)n2)c1. The maximum Gasteiger partial charge on any atom is 0.328 e. The van der Waals surface area contributed by atoms with E-state index in [1.54, 1.807) is 41.2 Å². The molecule has 0 aliphatic rings. The number of nitriles is 1. The topological polar surface area (TPSA) is 116 Å². The third-order valence-electron chi connectivity index (χ3n) is 2.53. The number of rotatable bonds is 3. The smallest absolute Gasteiger partial charge is 0.328 e. The fourth-order valence-electron chi connectivity index (χ4n) is 1.63. The van der Waals surface area contributed by atoms with E-state index in [1.165, 1.54) is 6.33 Å². The van der Waals surface area contributed by atoms with Gasteiger partial charge in [0.2, 0.25) is 11.9 Å². The van der Waals surface area contributed by atoms with Gasteiger partial charge in [0.25, 0.3) is 0 Å². The molecule has 0 amide bonds. The van der Waals surface area contributed by atoms with Crippen LogP contribution in [0.5, 0.6) is 11.8 Å². The second kappa shape index (κ2) is 5.26. The van der Waals surface area contributed by atoms with E-state index < -0.39 is 0 Å². The summed E-state index contributed by atoms with van der Waals surface area (Å²) in [4.78, 5) is 16.0. The van der Waals surface area contributed by atoms with E-state index in [1.807, 2.05) is 6.07 Å². The normalized spacial score (nSPS) is 10.0. The largest absolute Gasteiger partial charge is 0.424 e. The molecule has 3 aromatic rings. The monoisotopic (exact) mass is 279 g/mol. The van der Waals surface area contributed by atoms with E-state index in [0.29, 0.717) is 17.3 Å². The first-order valence-electron chi connectivity index (χ1n) is 5.92. The summed E-state index contributed by atoms with van der Waals surface area (Å²) in [7, 11) is 0. The van der Waals surface area contributed by atoms with Crippen molar-refractivity contribution in [3.05, 3.63) is 48.5 Å². The number of imidazole rings is 1. The van der Waals surface area contributed by atoms with Gasteiger partial charge in [0.1, 0.15) is 12.1 Å². The lowest BCUT2D eigenvalue weighted by Gasteiger charge is -2.06. The van der Waals surface area contributed by atoms with Gasteiger partial charge in [0.15, 0.2) is 0 Å². The van der Waals surface area contributed by atoms with Crippen LogP contribution in [-0.4, -0.2) is 24.5 Å². The second-order valence-electron chi connectivity index (χ2n) is 3.99. The molecular weight excluding hydrogens is 270 g/mol. The van der Waals surface area contributed by atoms with Gasteiger partial charge in [0.05, 0.1) is 11.6 Å². The Hall–Kier alpha value is -3.47. The second-order valence-corrected chi connectivity index (χ2v) is 3.99. The summed E-state index contributed by atoms with van der Waals surface area (Å²) in [5.41, 5.74) is 6.12. The van der Waals surface area contributed by atoms with Gasteiger partial charge in [0, 0.05) is 12.4 Å². The number of hydrogen-bond acceptors (Lipinski definition) is 7. The zero-order valence-electron chi connectivity index (χ0n) is 10.7. The Morgan fingerprint density at radius 3 is 2.90 bits per heavy atom. The van der Waals surface area contributed by atoms with Crippen molar-refractivity contribution in [2.45, 2.75) is 0 Å². The lowest BCUT2D eigenvalue weighted by atomic mass is 10.2. The van der Waals surface area contributed by atoms with Crippen molar-refractivity contribution in [3.8, 4) is 23.8 Å². The third kappa shape index (κ3) is 2.76. The average molecular weight is 279 g/mol. The fraction of sp³-hybridized carbons (Fsp3) is 0. The highest BCUT2D eigenvalue weighted by Crippen LogP contribution is 2.19. The van der Waals surface area contributed by atoms with Crippen LogP contribution in [0.25, 0.3) is 5.95 Å². The van der Waals surface area contributed by atoms with Gasteiger partial charge in [-0.3, -0.25) is 4.57 Å². The van der Waals surface area contributed by atoms with Gasteiger partial charge in [-0.25, -0.2) is 4.98 Å². The van der Waals surface area contributed by atoms with Crippen molar-refractivity contribution in [1.82, 2.24) is 24.5 Å². The van der Waals surface area contributed by atoms with Crippen LogP contribution < -0.4 is 10.5 Å². The molecule has 8 heteroatoms. The number of ether oxygens (including phenoxy) is 1. The minimum absolute atomic E-state index is 0.0279. The summed E-state index contributed by atoms with van der Waals surface area (Å²) in [5.74, 6) is 0.766. The molecule has 0 unspecified atom stereocenters. The number of aromatic nitrogens is 5. The quantitative estimate of drug-likeness (QED) is 0.768. The third-order valence-corrected chi connectivity index (χ3v) is 2.53. The van der Waals surface area contributed by atoms with Crippen LogP contribution >= 0.6 is 0 Å². The fourth-order valence-corrected chi connectivity index (χ4v) is 1.63. The van der Waals surface area contributed by atoms with Crippen molar-refractivity contribution in [3.63, 3.8) is 0 Å². The molecule has 0 aliphatic carbocycles. The zero-order valence-corrected chi connectivity index (χ0v) is 10.7. The van der Waals surface area contributed by atoms with E-state index in [9.17, 15) is 0 Å². The van der Waals surface area contributed by atoms with E-state index >= 15 is 0 Å². The van der Waals surface area contributed by atoms with Crippen molar-refractivity contribution < 1.29 is 4.74 Å². The number of nitrogens with zero attached hydrogens (tertiary/aromatic N) is 6. The van der Waals surface area contributed by atoms with Gasteiger partial charge in [-0.2, -0.15) is 20.2 Å².